The Morgan fingerprint density at radius 1 is 1.17 bits per heavy atom. The summed E-state index contributed by atoms with van der Waals surface area (Å²) in [6.45, 7) is 1.56. The van der Waals surface area contributed by atoms with E-state index in [0.29, 0.717) is 16.8 Å². The number of para-hydroxylation sites is 1. The first-order valence-corrected chi connectivity index (χ1v) is 7.56. The molecule has 5 heteroatoms. The van der Waals surface area contributed by atoms with E-state index in [4.69, 9.17) is 5.26 Å². The van der Waals surface area contributed by atoms with Crippen LogP contribution in [-0.2, 0) is 16.1 Å². The van der Waals surface area contributed by atoms with Gasteiger partial charge in [0, 0.05) is 24.7 Å². The first-order valence-electron chi connectivity index (χ1n) is 7.56. The van der Waals surface area contributed by atoms with Crippen molar-refractivity contribution in [3.05, 3.63) is 65.2 Å². The van der Waals surface area contributed by atoms with Gasteiger partial charge in [0.05, 0.1) is 17.0 Å². The maximum Gasteiger partial charge on any atom is 0.274 e. The lowest BCUT2D eigenvalue weighted by Crippen LogP contribution is -2.40. The van der Waals surface area contributed by atoms with Gasteiger partial charge >= 0.3 is 0 Å². The van der Waals surface area contributed by atoms with Crippen LogP contribution in [0.4, 0.5) is 14.5 Å². The zero-order valence-electron chi connectivity index (χ0n) is 13.4. The van der Waals surface area contributed by atoms with Crippen LogP contribution in [0.2, 0.25) is 0 Å². The second-order valence-corrected chi connectivity index (χ2v) is 6.28. The quantitative estimate of drug-likeness (QED) is 0.856. The number of amides is 1. The lowest BCUT2D eigenvalue weighted by molar-refractivity contribution is -0.126. The molecule has 1 unspecified atom stereocenters. The van der Waals surface area contributed by atoms with Crippen molar-refractivity contribution in [2.45, 2.75) is 24.7 Å². The number of carbonyl (C=O) groups is 1. The van der Waals surface area contributed by atoms with E-state index in [2.05, 4.69) is 0 Å². The van der Waals surface area contributed by atoms with E-state index in [1.165, 1.54) is 29.2 Å². The summed E-state index contributed by atoms with van der Waals surface area (Å²) in [5.74, 6) is -3.52. The van der Waals surface area contributed by atoms with Gasteiger partial charge in [-0.05, 0) is 30.7 Å². The molecule has 0 radical (unpaired) electrons. The van der Waals surface area contributed by atoms with Gasteiger partial charge in [-0.3, -0.25) is 4.79 Å². The van der Waals surface area contributed by atoms with Crippen LogP contribution < -0.4 is 4.90 Å². The van der Waals surface area contributed by atoms with Crippen molar-refractivity contribution in [1.29, 1.82) is 5.26 Å². The third-order valence-electron chi connectivity index (χ3n) is 4.65. The summed E-state index contributed by atoms with van der Waals surface area (Å²) in [5.41, 5.74) is 0.125. The minimum absolute atomic E-state index is 0.192. The van der Waals surface area contributed by atoms with Gasteiger partial charge < -0.3 is 4.90 Å². The predicted molar refractivity (Wildman–Crippen MR) is 86.9 cm³/mol. The van der Waals surface area contributed by atoms with Crippen molar-refractivity contribution >= 4 is 11.6 Å². The first-order chi connectivity index (χ1) is 11.3. The molecule has 0 bridgehead atoms. The number of carbonyl (C=O) groups excluding carboxylic acids is 1. The first kappa shape index (κ1) is 16.1. The van der Waals surface area contributed by atoms with Crippen molar-refractivity contribution < 1.29 is 13.6 Å². The number of nitriles is 1. The normalized spacial score (nSPS) is 20.0. The van der Waals surface area contributed by atoms with Gasteiger partial charge in [-0.25, -0.2) is 8.78 Å². The Morgan fingerprint density at radius 3 is 2.42 bits per heavy atom. The molecule has 2 aromatic rings. The molecule has 3 nitrogen and oxygen atoms in total. The van der Waals surface area contributed by atoms with E-state index in [9.17, 15) is 13.6 Å². The van der Waals surface area contributed by atoms with Crippen molar-refractivity contribution in [1.82, 2.24) is 0 Å². The highest BCUT2D eigenvalue weighted by molar-refractivity contribution is 6.07. The summed E-state index contributed by atoms with van der Waals surface area (Å²) in [5, 5.41) is 8.79. The summed E-state index contributed by atoms with van der Waals surface area (Å²) in [4.78, 5) is 14.1. The Balaban J connectivity index is 1.99. The number of anilines is 1. The van der Waals surface area contributed by atoms with Crippen molar-refractivity contribution in [3.8, 4) is 6.07 Å². The number of rotatable bonds is 3. The maximum absolute atomic E-state index is 14.8. The van der Waals surface area contributed by atoms with Gasteiger partial charge in [0.2, 0.25) is 5.91 Å². The largest absolute Gasteiger partial charge is 0.314 e. The molecule has 0 fully saturated rings. The number of hydrogen-bond acceptors (Lipinski definition) is 2. The van der Waals surface area contributed by atoms with Crippen LogP contribution >= 0.6 is 0 Å². The number of likely N-dealkylation sites (N-methyl/N-ethyl adjacent to an activating group) is 1. The minimum Gasteiger partial charge on any atom is -0.314 e. The molecule has 1 atom stereocenters. The average molecular weight is 326 g/mol. The van der Waals surface area contributed by atoms with Crippen LogP contribution in [0, 0.1) is 11.3 Å². The highest BCUT2D eigenvalue weighted by Gasteiger charge is 2.52. The zero-order chi connectivity index (χ0) is 17.5. The monoisotopic (exact) mass is 326 g/mol. The van der Waals surface area contributed by atoms with Crippen molar-refractivity contribution in [3.63, 3.8) is 0 Å². The van der Waals surface area contributed by atoms with Gasteiger partial charge in [0.1, 0.15) is 0 Å². The van der Waals surface area contributed by atoms with Crippen LogP contribution in [0.1, 0.15) is 30.0 Å². The Labute approximate surface area is 139 Å². The summed E-state index contributed by atoms with van der Waals surface area (Å²) in [6, 6.07) is 14.2. The number of alkyl halides is 2. The maximum atomic E-state index is 14.8. The lowest BCUT2D eigenvalue weighted by atomic mass is 9.77. The highest BCUT2D eigenvalue weighted by Crippen LogP contribution is 2.49. The zero-order valence-corrected chi connectivity index (χ0v) is 13.4. The molecule has 0 N–H and O–H groups in total. The second kappa shape index (κ2) is 5.41. The van der Waals surface area contributed by atoms with Crippen LogP contribution in [0.5, 0.6) is 0 Å². The molecular weight excluding hydrogens is 310 g/mol. The standard InChI is InChI=1S/C19H16F2N2O/c1-18(15-5-3-4-6-16(15)23(2)17(18)24)12-19(20,21)14-9-7-13(11-22)8-10-14/h3-10H,12H2,1-2H3. The average Bonchev–Trinajstić information content (AvgIpc) is 2.77. The van der Waals surface area contributed by atoms with E-state index in [1.807, 2.05) is 6.07 Å². The van der Waals surface area contributed by atoms with Gasteiger partial charge in [0.25, 0.3) is 5.92 Å². The van der Waals surface area contributed by atoms with Crippen LogP contribution in [0.15, 0.2) is 48.5 Å². The fourth-order valence-electron chi connectivity index (χ4n) is 3.33. The smallest absolute Gasteiger partial charge is 0.274 e. The number of halogens is 2. The number of hydrogen-bond donors (Lipinski definition) is 0. The third-order valence-corrected chi connectivity index (χ3v) is 4.65. The molecule has 24 heavy (non-hydrogen) atoms. The molecule has 0 saturated carbocycles. The van der Waals surface area contributed by atoms with Gasteiger partial charge in [-0.2, -0.15) is 5.26 Å². The Bertz CT molecular complexity index is 839. The Hall–Kier alpha value is -2.74. The summed E-state index contributed by atoms with van der Waals surface area (Å²) in [6.07, 6.45) is -0.619. The third kappa shape index (κ3) is 2.35. The molecule has 1 aliphatic heterocycles. The summed E-state index contributed by atoms with van der Waals surface area (Å²) < 4.78 is 29.7. The van der Waals surface area contributed by atoms with E-state index in [1.54, 1.807) is 38.2 Å². The van der Waals surface area contributed by atoms with Crippen molar-refractivity contribution in [2.75, 3.05) is 11.9 Å². The molecule has 0 aliphatic carbocycles. The predicted octanol–water partition coefficient (Wildman–Crippen LogP) is 3.97. The molecule has 0 saturated heterocycles. The van der Waals surface area contributed by atoms with Crippen molar-refractivity contribution in [2.24, 2.45) is 0 Å². The topological polar surface area (TPSA) is 44.1 Å². The Kier molecular flexibility index (Phi) is 3.64. The molecular formula is C19H16F2N2O. The van der Waals surface area contributed by atoms with E-state index < -0.39 is 17.8 Å². The Morgan fingerprint density at radius 2 is 1.79 bits per heavy atom. The van der Waals surface area contributed by atoms with Crippen LogP contribution in [-0.4, -0.2) is 13.0 Å². The molecule has 2 aromatic carbocycles. The molecule has 0 aromatic heterocycles. The van der Waals surface area contributed by atoms with Crippen LogP contribution in [0.25, 0.3) is 0 Å². The summed E-state index contributed by atoms with van der Waals surface area (Å²) in [7, 11) is 1.60. The lowest BCUT2D eigenvalue weighted by Gasteiger charge is -2.28. The minimum atomic E-state index is -3.18. The molecule has 0 spiro atoms. The van der Waals surface area contributed by atoms with E-state index >= 15 is 0 Å². The molecule has 1 heterocycles. The van der Waals surface area contributed by atoms with Gasteiger partial charge in [0.15, 0.2) is 0 Å². The van der Waals surface area contributed by atoms with Gasteiger partial charge in [-0.1, -0.05) is 30.3 Å². The SMILES string of the molecule is CN1C(=O)C(C)(CC(F)(F)c2ccc(C#N)cc2)c2ccccc21. The molecule has 122 valence electrons. The molecule has 1 amide bonds. The summed E-state index contributed by atoms with van der Waals surface area (Å²) >= 11 is 0. The molecule has 3 rings (SSSR count). The number of nitrogens with zero attached hydrogens (tertiary/aromatic N) is 2. The second-order valence-electron chi connectivity index (χ2n) is 6.28. The number of fused-ring (bicyclic) bond motifs is 1. The van der Waals surface area contributed by atoms with E-state index in [-0.39, 0.29) is 11.5 Å². The van der Waals surface area contributed by atoms with Gasteiger partial charge in [-0.15, -0.1) is 0 Å². The van der Waals surface area contributed by atoms with E-state index in [0.717, 1.165) is 0 Å². The highest BCUT2D eigenvalue weighted by atomic mass is 19.3. The fraction of sp³-hybridized carbons (Fsp3) is 0.263. The number of benzene rings is 2. The van der Waals surface area contributed by atoms with Crippen LogP contribution in [0.3, 0.4) is 0 Å². The molecule has 1 aliphatic rings. The fourth-order valence-corrected chi connectivity index (χ4v) is 3.33.